The summed E-state index contributed by atoms with van der Waals surface area (Å²) < 4.78 is 15.7. The lowest BCUT2D eigenvalue weighted by molar-refractivity contribution is -0.137. The monoisotopic (exact) mass is 537 g/mol. The SMILES string of the molecule is NC(=O)c1nn(CC(=O)N2CC(F)CC2C(=O)Nc2cccc(Cl)n2)c2ccc(Nc3cccnn3)cc12. The van der Waals surface area contributed by atoms with E-state index in [4.69, 9.17) is 17.3 Å². The molecule has 1 saturated heterocycles. The number of hydrogen-bond acceptors (Lipinski definition) is 8. The molecular formula is C24H21ClFN9O3. The zero-order valence-corrected chi connectivity index (χ0v) is 20.5. The number of benzene rings is 1. The number of likely N-dealkylation sites (tertiary alicyclic amines) is 1. The maximum Gasteiger partial charge on any atom is 0.269 e. The number of rotatable bonds is 7. The van der Waals surface area contributed by atoms with Gasteiger partial charge in [-0.1, -0.05) is 17.7 Å². The number of pyridine rings is 1. The van der Waals surface area contributed by atoms with Crippen molar-refractivity contribution in [2.45, 2.75) is 25.2 Å². The summed E-state index contributed by atoms with van der Waals surface area (Å²) in [7, 11) is 0. The minimum Gasteiger partial charge on any atom is -0.364 e. The third-order valence-electron chi connectivity index (χ3n) is 5.95. The van der Waals surface area contributed by atoms with Gasteiger partial charge in [0.05, 0.1) is 12.1 Å². The van der Waals surface area contributed by atoms with Gasteiger partial charge < -0.3 is 21.3 Å². The van der Waals surface area contributed by atoms with Crippen molar-refractivity contribution in [2.24, 2.45) is 5.73 Å². The van der Waals surface area contributed by atoms with Crippen LogP contribution >= 0.6 is 11.6 Å². The number of nitrogens with one attached hydrogen (secondary N) is 2. The van der Waals surface area contributed by atoms with Crippen LogP contribution in [-0.4, -0.2) is 66.3 Å². The molecule has 0 spiro atoms. The predicted octanol–water partition coefficient (Wildman–Crippen LogP) is 2.29. The average Bonchev–Trinajstić information content (AvgIpc) is 3.45. The Morgan fingerprint density at radius 2 is 1.95 bits per heavy atom. The van der Waals surface area contributed by atoms with Crippen LogP contribution in [0, 0.1) is 0 Å². The van der Waals surface area contributed by atoms with Crippen molar-refractivity contribution in [3.63, 3.8) is 0 Å². The van der Waals surface area contributed by atoms with Gasteiger partial charge in [-0.25, -0.2) is 9.37 Å². The quantitative estimate of drug-likeness (QED) is 0.302. The highest BCUT2D eigenvalue weighted by Crippen LogP contribution is 2.26. The Morgan fingerprint density at radius 3 is 2.68 bits per heavy atom. The van der Waals surface area contributed by atoms with E-state index < -0.39 is 29.9 Å². The minimum atomic E-state index is -1.38. The maximum absolute atomic E-state index is 14.4. The Labute approximate surface area is 220 Å². The van der Waals surface area contributed by atoms with Crippen LogP contribution in [0.25, 0.3) is 10.9 Å². The first-order valence-corrected chi connectivity index (χ1v) is 11.9. The van der Waals surface area contributed by atoms with Gasteiger partial charge in [-0.15, -0.1) is 5.10 Å². The van der Waals surface area contributed by atoms with Crippen molar-refractivity contribution >= 4 is 57.5 Å². The fraction of sp³-hybridized carbons (Fsp3) is 0.208. The first kappa shape index (κ1) is 25.0. The molecule has 4 aromatic rings. The zero-order chi connectivity index (χ0) is 26.8. The molecule has 4 heterocycles. The Hall–Kier alpha value is -4.65. The summed E-state index contributed by atoms with van der Waals surface area (Å²) in [6, 6.07) is 12.1. The molecular weight excluding hydrogens is 517 g/mol. The molecule has 12 nitrogen and oxygen atoms in total. The van der Waals surface area contributed by atoms with E-state index in [0.29, 0.717) is 22.4 Å². The summed E-state index contributed by atoms with van der Waals surface area (Å²) in [5, 5.41) is 18.2. The number of nitrogens with zero attached hydrogens (tertiary/aromatic N) is 6. The van der Waals surface area contributed by atoms with E-state index in [1.54, 1.807) is 42.5 Å². The van der Waals surface area contributed by atoms with Gasteiger partial charge in [-0.3, -0.25) is 19.1 Å². The summed E-state index contributed by atoms with van der Waals surface area (Å²) in [6.45, 7) is -0.597. The van der Waals surface area contributed by atoms with Crippen molar-refractivity contribution < 1.29 is 18.8 Å². The highest BCUT2D eigenvalue weighted by Gasteiger charge is 2.40. The van der Waals surface area contributed by atoms with Crippen molar-refractivity contribution in [2.75, 3.05) is 17.2 Å². The lowest BCUT2D eigenvalue weighted by Gasteiger charge is -2.23. The van der Waals surface area contributed by atoms with Crippen molar-refractivity contribution in [3.8, 4) is 0 Å². The standard InChI is InChI=1S/C24H21ClFN9O3/c25-18-3-1-4-19(30-18)31-24(38)17-9-13(26)11-34(17)21(36)12-35-16-7-6-14(29-20-5-2-8-28-32-20)10-15(16)22(33-35)23(27)37/h1-8,10,13,17H,9,11-12H2,(H2,27,37)(H,29,32)(H,30,31,38). The van der Waals surface area contributed by atoms with Crippen LogP contribution < -0.4 is 16.4 Å². The van der Waals surface area contributed by atoms with E-state index in [0.717, 1.165) is 4.90 Å². The van der Waals surface area contributed by atoms with Gasteiger partial charge >= 0.3 is 0 Å². The second kappa shape index (κ2) is 10.4. The summed E-state index contributed by atoms with van der Waals surface area (Å²) in [6.07, 6.45) is -0.0107. The Bertz CT molecular complexity index is 1530. The molecule has 0 bridgehead atoms. The van der Waals surface area contributed by atoms with Gasteiger partial charge in [0.25, 0.3) is 5.91 Å². The molecule has 0 saturated carbocycles. The number of primary amides is 1. The Morgan fingerprint density at radius 1 is 1.13 bits per heavy atom. The maximum atomic E-state index is 14.4. The first-order chi connectivity index (χ1) is 18.3. The van der Waals surface area contributed by atoms with E-state index in [-0.39, 0.29) is 36.2 Å². The molecule has 14 heteroatoms. The number of alkyl halides is 1. The van der Waals surface area contributed by atoms with E-state index in [9.17, 15) is 18.8 Å². The number of carbonyl (C=O) groups is 3. The average molecular weight is 538 g/mol. The molecule has 0 radical (unpaired) electrons. The third kappa shape index (κ3) is 5.22. The van der Waals surface area contributed by atoms with Gasteiger partial charge in [0.15, 0.2) is 11.5 Å². The summed E-state index contributed by atoms with van der Waals surface area (Å²) in [5.41, 5.74) is 6.55. The molecule has 2 atom stereocenters. The molecule has 2 unspecified atom stereocenters. The third-order valence-corrected chi connectivity index (χ3v) is 6.16. The number of hydrogen-bond donors (Lipinski definition) is 3. The topological polar surface area (TPSA) is 161 Å². The first-order valence-electron chi connectivity index (χ1n) is 11.5. The summed E-state index contributed by atoms with van der Waals surface area (Å²) in [5.74, 6) is -1.24. The van der Waals surface area contributed by atoms with Crippen LogP contribution in [0.5, 0.6) is 0 Å². The van der Waals surface area contributed by atoms with Crippen LogP contribution in [0.2, 0.25) is 5.15 Å². The highest BCUT2D eigenvalue weighted by molar-refractivity contribution is 6.29. The Kier molecular flexibility index (Phi) is 6.83. The number of amides is 3. The zero-order valence-electron chi connectivity index (χ0n) is 19.7. The number of carbonyl (C=O) groups excluding carboxylic acids is 3. The van der Waals surface area contributed by atoms with Gasteiger partial charge in [-0.2, -0.15) is 10.2 Å². The second-order valence-electron chi connectivity index (χ2n) is 8.57. The molecule has 3 aromatic heterocycles. The normalized spacial score (nSPS) is 16.9. The molecule has 1 fully saturated rings. The summed E-state index contributed by atoms with van der Waals surface area (Å²) in [4.78, 5) is 43.4. The van der Waals surface area contributed by atoms with Crippen LogP contribution in [0.1, 0.15) is 16.9 Å². The number of fused-ring (bicyclic) bond motifs is 1. The molecule has 3 amide bonds. The van der Waals surface area contributed by atoms with Crippen molar-refractivity contribution in [1.29, 1.82) is 0 Å². The van der Waals surface area contributed by atoms with E-state index >= 15 is 0 Å². The van der Waals surface area contributed by atoms with E-state index in [2.05, 4.69) is 30.9 Å². The van der Waals surface area contributed by atoms with Gasteiger partial charge in [0, 0.05) is 23.7 Å². The molecule has 0 aliphatic carbocycles. The fourth-order valence-corrected chi connectivity index (χ4v) is 4.45. The summed E-state index contributed by atoms with van der Waals surface area (Å²) >= 11 is 5.86. The molecule has 5 rings (SSSR count). The van der Waals surface area contributed by atoms with Gasteiger partial charge in [0.2, 0.25) is 11.8 Å². The van der Waals surface area contributed by atoms with Crippen LogP contribution in [0.4, 0.5) is 21.7 Å². The number of aromatic nitrogens is 5. The van der Waals surface area contributed by atoms with E-state index in [1.165, 1.54) is 16.9 Å². The highest BCUT2D eigenvalue weighted by atomic mass is 35.5. The van der Waals surface area contributed by atoms with Crippen LogP contribution in [0.15, 0.2) is 54.7 Å². The lowest BCUT2D eigenvalue weighted by Crippen LogP contribution is -2.44. The molecule has 1 aliphatic rings. The fourth-order valence-electron chi connectivity index (χ4n) is 4.29. The smallest absolute Gasteiger partial charge is 0.269 e. The number of anilines is 3. The second-order valence-corrected chi connectivity index (χ2v) is 8.95. The Balaban J connectivity index is 1.38. The molecule has 1 aromatic carbocycles. The number of nitrogens with two attached hydrogens (primary N) is 1. The largest absolute Gasteiger partial charge is 0.364 e. The van der Waals surface area contributed by atoms with Crippen LogP contribution in [-0.2, 0) is 16.1 Å². The number of halogens is 2. The lowest BCUT2D eigenvalue weighted by atomic mass is 10.1. The van der Waals surface area contributed by atoms with E-state index in [1.807, 2.05) is 0 Å². The van der Waals surface area contributed by atoms with Gasteiger partial charge in [0.1, 0.15) is 29.7 Å². The van der Waals surface area contributed by atoms with Crippen molar-refractivity contribution in [3.05, 3.63) is 65.6 Å². The molecule has 38 heavy (non-hydrogen) atoms. The molecule has 1 aliphatic heterocycles. The molecule has 4 N–H and O–H groups in total. The van der Waals surface area contributed by atoms with Crippen LogP contribution in [0.3, 0.4) is 0 Å². The van der Waals surface area contributed by atoms with Crippen molar-refractivity contribution in [1.82, 2.24) is 29.9 Å². The van der Waals surface area contributed by atoms with Gasteiger partial charge in [-0.05, 0) is 42.5 Å². The molecule has 194 valence electrons. The minimum absolute atomic E-state index is 0.0401. The predicted molar refractivity (Wildman–Crippen MR) is 136 cm³/mol.